The van der Waals surface area contributed by atoms with E-state index in [0.717, 1.165) is 19.3 Å². The minimum absolute atomic E-state index is 0.121. The number of hydrogen-bond acceptors (Lipinski definition) is 3. The summed E-state index contributed by atoms with van der Waals surface area (Å²) < 4.78 is 4.92. The van der Waals surface area contributed by atoms with Crippen molar-refractivity contribution >= 4 is 11.8 Å². The molecule has 1 aliphatic carbocycles. The fraction of sp³-hybridized carbons (Fsp3) is 0.833. The van der Waals surface area contributed by atoms with Crippen LogP contribution in [0.2, 0.25) is 0 Å². The molecule has 86 valence electrons. The number of carbonyl (C=O) groups is 2. The number of rotatable bonds is 3. The first-order valence-corrected chi connectivity index (χ1v) is 5.81. The molecule has 0 bridgehead atoms. The van der Waals surface area contributed by atoms with Gasteiger partial charge in [0.05, 0.1) is 6.61 Å². The molecular weight excluding hydrogens is 192 g/mol. The fourth-order valence-corrected chi connectivity index (χ4v) is 2.04. The molecule has 0 aromatic rings. The number of hydrogen-bond donors (Lipinski definition) is 0. The summed E-state index contributed by atoms with van der Waals surface area (Å²) in [4.78, 5) is 22.7. The summed E-state index contributed by atoms with van der Waals surface area (Å²) >= 11 is 0. The third kappa shape index (κ3) is 4.02. The van der Waals surface area contributed by atoms with Gasteiger partial charge in [0.1, 0.15) is 5.78 Å². The van der Waals surface area contributed by atoms with E-state index in [1.54, 1.807) is 0 Å². The van der Waals surface area contributed by atoms with Crippen molar-refractivity contribution in [1.82, 2.24) is 0 Å². The second-order valence-electron chi connectivity index (χ2n) is 4.36. The molecule has 1 fully saturated rings. The van der Waals surface area contributed by atoms with E-state index in [1.165, 1.54) is 0 Å². The molecular formula is C12H20O3. The van der Waals surface area contributed by atoms with Gasteiger partial charge in [0.15, 0.2) is 0 Å². The molecule has 0 aromatic heterocycles. The van der Waals surface area contributed by atoms with Crippen molar-refractivity contribution in [3.05, 3.63) is 0 Å². The quantitative estimate of drug-likeness (QED) is 0.532. The van der Waals surface area contributed by atoms with Crippen molar-refractivity contribution in [1.29, 1.82) is 0 Å². The van der Waals surface area contributed by atoms with E-state index in [0.29, 0.717) is 31.1 Å². The molecule has 0 spiro atoms. The summed E-state index contributed by atoms with van der Waals surface area (Å²) in [5.74, 6) is 0.751. The number of Topliss-reactive ketones (excluding diaryl/α,β-unsaturated/α-hetero) is 1. The van der Waals surface area contributed by atoms with Gasteiger partial charge in [-0.1, -0.05) is 6.92 Å². The normalized spacial score (nSPS) is 27.2. The summed E-state index contributed by atoms with van der Waals surface area (Å²) in [6, 6.07) is 0. The lowest BCUT2D eigenvalue weighted by Crippen LogP contribution is -2.11. The Morgan fingerprint density at radius 3 is 2.80 bits per heavy atom. The summed E-state index contributed by atoms with van der Waals surface area (Å²) in [6.07, 6.45) is 3.86. The standard InChI is InChI=1S/C12H20O3/c1-3-15-12(14)8-10-5-4-9(2)11(13)7-6-10/h9-10H,3-8H2,1-2H3/t9-,10+/m0/s1. The lowest BCUT2D eigenvalue weighted by molar-refractivity contribution is -0.144. The third-order valence-corrected chi connectivity index (χ3v) is 3.12. The zero-order chi connectivity index (χ0) is 11.3. The van der Waals surface area contributed by atoms with Crippen molar-refractivity contribution in [2.24, 2.45) is 11.8 Å². The molecule has 0 aromatic carbocycles. The van der Waals surface area contributed by atoms with Crippen LogP contribution in [0.5, 0.6) is 0 Å². The van der Waals surface area contributed by atoms with Crippen LogP contribution in [0, 0.1) is 11.8 Å². The van der Waals surface area contributed by atoms with Gasteiger partial charge < -0.3 is 4.74 Å². The van der Waals surface area contributed by atoms with Gasteiger partial charge in [-0.3, -0.25) is 9.59 Å². The molecule has 2 atom stereocenters. The monoisotopic (exact) mass is 212 g/mol. The molecule has 1 aliphatic rings. The smallest absolute Gasteiger partial charge is 0.306 e. The summed E-state index contributed by atoms with van der Waals surface area (Å²) in [6.45, 7) is 4.24. The first-order chi connectivity index (χ1) is 7.13. The van der Waals surface area contributed by atoms with Crippen molar-refractivity contribution in [3.8, 4) is 0 Å². The van der Waals surface area contributed by atoms with E-state index in [9.17, 15) is 9.59 Å². The van der Waals surface area contributed by atoms with Gasteiger partial charge in [-0.05, 0) is 32.1 Å². The summed E-state index contributed by atoms with van der Waals surface area (Å²) in [5, 5.41) is 0. The lowest BCUT2D eigenvalue weighted by atomic mass is 9.96. The second-order valence-corrected chi connectivity index (χ2v) is 4.36. The molecule has 3 heteroatoms. The number of carbonyl (C=O) groups excluding carboxylic acids is 2. The van der Waals surface area contributed by atoms with Crippen LogP contribution in [-0.2, 0) is 14.3 Å². The Kier molecular flexibility index (Phi) is 4.79. The Labute approximate surface area is 91.2 Å². The van der Waals surface area contributed by atoms with Crippen LogP contribution in [0.4, 0.5) is 0 Å². The van der Waals surface area contributed by atoms with Gasteiger partial charge in [-0.25, -0.2) is 0 Å². The number of ether oxygens (including phenoxy) is 1. The maximum Gasteiger partial charge on any atom is 0.306 e. The first-order valence-electron chi connectivity index (χ1n) is 5.81. The maximum absolute atomic E-state index is 11.5. The molecule has 0 unspecified atom stereocenters. The van der Waals surface area contributed by atoms with Crippen LogP contribution in [0.15, 0.2) is 0 Å². The Bertz CT molecular complexity index is 235. The molecule has 0 saturated heterocycles. The zero-order valence-electron chi connectivity index (χ0n) is 9.62. The SMILES string of the molecule is CCOC(=O)C[C@H]1CCC(=O)[C@@H](C)CC1. The Morgan fingerprint density at radius 1 is 1.40 bits per heavy atom. The van der Waals surface area contributed by atoms with Gasteiger partial charge in [-0.2, -0.15) is 0 Å². The molecule has 1 saturated carbocycles. The van der Waals surface area contributed by atoms with Gasteiger partial charge >= 0.3 is 5.97 Å². The van der Waals surface area contributed by atoms with Crippen molar-refractivity contribution in [2.45, 2.75) is 46.0 Å². The Balaban J connectivity index is 2.37. The highest BCUT2D eigenvalue weighted by molar-refractivity contribution is 5.81. The van der Waals surface area contributed by atoms with Crippen LogP contribution >= 0.6 is 0 Å². The molecule has 0 amide bonds. The molecule has 0 radical (unpaired) electrons. The van der Waals surface area contributed by atoms with E-state index < -0.39 is 0 Å². The van der Waals surface area contributed by atoms with E-state index >= 15 is 0 Å². The number of esters is 1. The zero-order valence-corrected chi connectivity index (χ0v) is 9.62. The Morgan fingerprint density at radius 2 is 2.13 bits per heavy atom. The van der Waals surface area contributed by atoms with Crippen LogP contribution in [0.1, 0.15) is 46.0 Å². The van der Waals surface area contributed by atoms with Gasteiger partial charge in [0, 0.05) is 18.8 Å². The van der Waals surface area contributed by atoms with Crippen molar-refractivity contribution in [2.75, 3.05) is 6.61 Å². The summed E-state index contributed by atoms with van der Waals surface area (Å²) in [5.41, 5.74) is 0. The van der Waals surface area contributed by atoms with E-state index in [4.69, 9.17) is 4.74 Å². The average Bonchev–Trinajstić information content (AvgIpc) is 2.34. The molecule has 3 nitrogen and oxygen atoms in total. The minimum Gasteiger partial charge on any atom is -0.466 e. The highest BCUT2D eigenvalue weighted by Gasteiger charge is 2.23. The van der Waals surface area contributed by atoms with E-state index in [-0.39, 0.29) is 11.9 Å². The molecule has 0 N–H and O–H groups in total. The predicted octanol–water partition coefficient (Wildman–Crippen LogP) is 2.33. The van der Waals surface area contributed by atoms with Gasteiger partial charge in [-0.15, -0.1) is 0 Å². The van der Waals surface area contributed by atoms with Crippen LogP contribution in [-0.4, -0.2) is 18.4 Å². The summed E-state index contributed by atoms with van der Waals surface area (Å²) in [7, 11) is 0. The highest BCUT2D eigenvalue weighted by Crippen LogP contribution is 2.27. The topological polar surface area (TPSA) is 43.4 Å². The number of ketones is 1. The lowest BCUT2D eigenvalue weighted by Gasteiger charge is -2.12. The third-order valence-electron chi connectivity index (χ3n) is 3.12. The molecule has 1 rings (SSSR count). The minimum atomic E-state index is -0.121. The largest absolute Gasteiger partial charge is 0.466 e. The average molecular weight is 212 g/mol. The molecule has 15 heavy (non-hydrogen) atoms. The second kappa shape index (κ2) is 5.89. The van der Waals surface area contributed by atoms with Crippen LogP contribution in [0.25, 0.3) is 0 Å². The van der Waals surface area contributed by atoms with E-state index in [1.807, 2.05) is 13.8 Å². The highest BCUT2D eigenvalue weighted by atomic mass is 16.5. The molecule has 0 aliphatic heterocycles. The van der Waals surface area contributed by atoms with Crippen LogP contribution in [0.3, 0.4) is 0 Å². The maximum atomic E-state index is 11.5. The predicted molar refractivity (Wildman–Crippen MR) is 57.4 cm³/mol. The van der Waals surface area contributed by atoms with Crippen molar-refractivity contribution in [3.63, 3.8) is 0 Å². The molecule has 0 heterocycles. The van der Waals surface area contributed by atoms with Crippen LogP contribution < -0.4 is 0 Å². The van der Waals surface area contributed by atoms with Gasteiger partial charge in [0.2, 0.25) is 0 Å². The van der Waals surface area contributed by atoms with E-state index in [2.05, 4.69) is 0 Å². The fourth-order valence-electron chi connectivity index (χ4n) is 2.04. The van der Waals surface area contributed by atoms with Crippen molar-refractivity contribution < 1.29 is 14.3 Å². The van der Waals surface area contributed by atoms with Gasteiger partial charge in [0.25, 0.3) is 0 Å². The Hall–Kier alpha value is -0.860. The first kappa shape index (κ1) is 12.2.